The van der Waals surface area contributed by atoms with E-state index in [1.165, 1.54) is 18.2 Å². The maximum Gasteiger partial charge on any atom is 0.171 e. The van der Waals surface area contributed by atoms with Crippen LogP contribution in [0.1, 0.15) is 11.5 Å². The first-order valence-corrected chi connectivity index (χ1v) is 8.76. The van der Waals surface area contributed by atoms with Crippen molar-refractivity contribution in [2.24, 2.45) is 16.6 Å². The van der Waals surface area contributed by atoms with Gasteiger partial charge in [0.25, 0.3) is 0 Å². The predicted molar refractivity (Wildman–Crippen MR) is 101 cm³/mol. The van der Waals surface area contributed by atoms with Crippen LogP contribution in [0.2, 0.25) is 0 Å². The third-order valence-corrected chi connectivity index (χ3v) is 5.04. The van der Waals surface area contributed by atoms with Crippen molar-refractivity contribution in [3.8, 4) is 18.2 Å². The van der Waals surface area contributed by atoms with Crippen LogP contribution < -0.4 is 16.2 Å². The van der Waals surface area contributed by atoms with Gasteiger partial charge in [-0.05, 0) is 0 Å². The van der Waals surface area contributed by atoms with Gasteiger partial charge < -0.3 is 5.73 Å². The molecule has 2 aromatic carbocycles. The van der Waals surface area contributed by atoms with Crippen LogP contribution >= 0.6 is 0 Å². The Morgan fingerprint density at radius 2 is 1.48 bits per heavy atom. The van der Waals surface area contributed by atoms with Gasteiger partial charge in [0.2, 0.25) is 0 Å². The Bertz CT molecular complexity index is 1540. The molecule has 0 aromatic heterocycles. The third kappa shape index (κ3) is 3.09. The number of nitrogens with two attached hydrogens (primary N) is 1. The lowest BCUT2D eigenvalue weighted by molar-refractivity contribution is 0.462. The zero-order valence-corrected chi connectivity index (χ0v) is 16.2. The fourth-order valence-corrected chi connectivity index (χ4v) is 3.61. The summed E-state index contributed by atoms with van der Waals surface area (Å²) >= 11 is 0. The van der Waals surface area contributed by atoms with E-state index in [4.69, 9.17) is 21.5 Å². The first-order valence-electron chi connectivity index (χ1n) is 8.76. The van der Waals surface area contributed by atoms with Gasteiger partial charge in [0.05, 0.1) is 44.8 Å². The molecule has 0 fully saturated rings. The second-order valence-corrected chi connectivity index (χ2v) is 6.69. The van der Waals surface area contributed by atoms with Gasteiger partial charge in [-0.1, -0.05) is 0 Å². The Labute approximate surface area is 180 Å². The summed E-state index contributed by atoms with van der Waals surface area (Å²) in [5.74, 6) is -18.3. The van der Waals surface area contributed by atoms with Crippen LogP contribution in [0.15, 0.2) is 16.5 Å². The molecule has 0 spiro atoms. The van der Waals surface area contributed by atoms with Crippen molar-refractivity contribution in [2.75, 3.05) is 7.05 Å². The molecule has 0 heterocycles. The molecular formula is C21H8F7N5. The van der Waals surface area contributed by atoms with E-state index in [1.54, 1.807) is 0 Å². The van der Waals surface area contributed by atoms with Gasteiger partial charge in [-0.3, -0.25) is 4.99 Å². The first kappa shape index (κ1) is 23.3. The second kappa shape index (κ2) is 8.29. The van der Waals surface area contributed by atoms with Crippen LogP contribution in [0.5, 0.6) is 0 Å². The summed E-state index contributed by atoms with van der Waals surface area (Å²) < 4.78 is 105. The number of allylic oxidation sites excluding steroid dienone is 2. The smallest absolute Gasteiger partial charge is 0.171 e. The molecule has 0 saturated carbocycles. The molecule has 33 heavy (non-hydrogen) atoms. The number of rotatable bonds is 2. The van der Waals surface area contributed by atoms with Crippen LogP contribution in [0.3, 0.4) is 0 Å². The molecule has 0 amide bonds. The van der Waals surface area contributed by atoms with E-state index in [0.29, 0.717) is 6.21 Å². The topological polar surface area (TPSA) is 110 Å². The van der Waals surface area contributed by atoms with Crippen LogP contribution in [0, 0.1) is 69.0 Å². The molecule has 1 aliphatic rings. The first-order chi connectivity index (χ1) is 15.6. The average Bonchev–Trinajstić information content (AvgIpc) is 2.79. The number of halogens is 7. The molecule has 1 atom stereocenters. The zero-order valence-electron chi connectivity index (χ0n) is 16.2. The highest BCUT2D eigenvalue weighted by Crippen LogP contribution is 2.41. The number of aliphatic imine (C=N–C) groups is 1. The molecule has 3 rings (SSSR count). The lowest BCUT2D eigenvalue weighted by Crippen LogP contribution is -2.33. The fraction of sp³-hybridized carbons (Fsp3) is 0.143. The van der Waals surface area contributed by atoms with Gasteiger partial charge in [-0.2, -0.15) is 15.8 Å². The monoisotopic (exact) mass is 463 g/mol. The molecule has 2 N–H and O–H groups in total. The number of benzene rings is 2. The highest BCUT2D eigenvalue weighted by Gasteiger charge is 2.40. The van der Waals surface area contributed by atoms with Crippen molar-refractivity contribution in [2.45, 2.75) is 5.92 Å². The number of nitriles is 3. The van der Waals surface area contributed by atoms with E-state index < -0.39 is 90.6 Å². The Balaban J connectivity index is 2.78. The molecule has 0 radical (unpaired) electrons. The Morgan fingerprint density at radius 1 is 0.909 bits per heavy atom. The number of hydrogen-bond donors (Lipinski definition) is 1. The molecule has 1 unspecified atom stereocenters. The molecule has 0 bridgehead atoms. The van der Waals surface area contributed by atoms with Crippen molar-refractivity contribution in [3.05, 3.63) is 56.6 Å². The van der Waals surface area contributed by atoms with Gasteiger partial charge in [-0.15, -0.1) is 0 Å². The van der Waals surface area contributed by atoms with Gasteiger partial charge in [0.1, 0.15) is 41.0 Å². The Kier molecular flexibility index (Phi) is 5.85. The molecule has 2 aromatic rings. The number of hydrogen-bond acceptors (Lipinski definition) is 5. The maximum absolute atomic E-state index is 15.5. The Hall–Kier alpha value is -4.37. The summed E-state index contributed by atoms with van der Waals surface area (Å²) in [6.45, 7) is 0. The summed E-state index contributed by atoms with van der Waals surface area (Å²) in [5, 5.41) is 21.2. The van der Waals surface area contributed by atoms with E-state index in [2.05, 4.69) is 4.99 Å². The third-order valence-electron chi connectivity index (χ3n) is 5.04. The van der Waals surface area contributed by atoms with E-state index in [9.17, 15) is 17.6 Å². The van der Waals surface area contributed by atoms with Crippen LogP contribution in [-0.4, -0.2) is 13.3 Å². The van der Waals surface area contributed by atoms with Crippen molar-refractivity contribution >= 4 is 28.4 Å². The van der Waals surface area contributed by atoms with E-state index >= 15 is 13.2 Å². The normalized spacial score (nSPS) is 16.7. The lowest BCUT2D eigenvalue weighted by atomic mass is 9.80. The molecular weight excluding hydrogens is 455 g/mol. The van der Waals surface area contributed by atoms with Crippen LogP contribution in [0.4, 0.5) is 30.7 Å². The van der Waals surface area contributed by atoms with Crippen molar-refractivity contribution < 1.29 is 30.7 Å². The molecule has 166 valence electrons. The largest absolute Gasteiger partial charge is 0.394 e. The molecule has 1 aliphatic carbocycles. The summed E-state index contributed by atoms with van der Waals surface area (Å²) in [7, 11) is 1.10. The van der Waals surface area contributed by atoms with Crippen molar-refractivity contribution in [1.29, 1.82) is 15.8 Å². The maximum atomic E-state index is 15.5. The molecule has 5 nitrogen and oxygen atoms in total. The van der Waals surface area contributed by atoms with Crippen molar-refractivity contribution in [3.63, 3.8) is 0 Å². The van der Waals surface area contributed by atoms with Crippen molar-refractivity contribution in [1.82, 2.24) is 0 Å². The predicted octanol–water partition coefficient (Wildman–Crippen LogP) is 2.89. The van der Waals surface area contributed by atoms with Gasteiger partial charge in [-0.25, -0.2) is 30.7 Å². The summed E-state index contributed by atoms with van der Waals surface area (Å²) in [5.41, 5.74) is 1.62. The lowest BCUT2D eigenvalue weighted by Gasteiger charge is -2.24. The zero-order chi connectivity index (χ0) is 24.8. The minimum absolute atomic E-state index is 0.625. The standard InChI is InChI=1S/C21H8F7N5/c1-33-5-7(4-31)9-14(22)12-13(18(26)17(9)25)16(24)11-10(15(12)23)8(6(2-29)3-30)19(27)21(32)20(11)28/h5-6,8H,32H2,1H3/b9-7-,33-5+. The van der Waals surface area contributed by atoms with E-state index in [1.807, 2.05) is 0 Å². The minimum Gasteiger partial charge on any atom is -0.394 e. The highest BCUT2D eigenvalue weighted by molar-refractivity contribution is 6.09. The van der Waals surface area contributed by atoms with Crippen LogP contribution in [-0.2, 0) is 0 Å². The molecule has 0 aliphatic heterocycles. The quantitative estimate of drug-likeness (QED) is 0.420. The average molecular weight is 463 g/mol. The second-order valence-electron chi connectivity index (χ2n) is 6.69. The highest BCUT2D eigenvalue weighted by atomic mass is 19.2. The minimum atomic E-state index is -2.30. The molecule has 12 heteroatoms. The summed E-state index contributed by atoms with van der Waals surface area (Å²) in [4.78, 5) is 3.37. The fourth-order valence-electron chi connectivity index (χ4n) is 3.61. The summed E-state index contributed by atoms with van der Waals surface area (Å²) in [6, 6.07) is 3.94. The number of nitrogens with zero attached hydrogens (tertiary/aromatic N) is 4. The van der Waals surface area contributed by atoms with E-state index in [0.717, 1.165) is 7.05 Å². The molecule has 0 saturated heterocycles. The number of fused-ring (bicyclic) bond motifs is 2. The van der Waals surface area contributed by atoms with E-state index in [-0.39, 0.29) is 0 Å². The Morgan fingerprint density at radius 3 is 2.00 bits per heavy atom. The van der Waals surface area contributed by atoms with Gasteiger partial charge in [0.15, 0.2) is 17.5 Å². The summed E-state index contributed by atoms with van der Waals surface area (Å²) in [6.07, 6.45) is 0.625. The van der Waals surface area contributed by atoms with Gasteiger partial charge >= 0.3 is 0 Å². The van der Waals surface area contributed by atoms with Crippen LogP contribution in [0.25, 0.3) is 22.2 Å². The van der Waals surface area contributed by atoms with Gasteiger partial charge in [0, 0.05) is 18.8 Å². The SMILES string of the molecule is C/N=C/C(C#N)=c1\c(F)c(F)c2c(F)c3c(c(F)c2c1F)C(C(C#N)C#N)C(F)=C(N)C=3F.